The second-order valence-electron chi connectivity index (χ2n) is 5.98. The number of unbranched alkanes of at least 4 members (excludes halogenated alkanes) is 1. The largest absolute Gasteiger partial charge is 0.352 e. The van der Waals surface area contributed by atoms with Crippen LogP contribution in [0.1, 0.15) is 53.1 Å². The lowest BCUT2D eigenvalue weighted by atomic mass is 10.1. The molecule has 1 aromatic carbocycles. The molecule has 0 fully saturated rings. The van der Waals surface area contributed by atoms with Gasteiger partial charge in [-0.15, -0.1) is 0 Å². The molecule has 0 atom stereocenters. The van der Waals surface area contributed by atoms with E-state index in [1.807, 2.05) is 20.8 Å². The fourth-order valence-corrected chi connectivity index (χ4v) is 2.43. The summed E-state index contributed by atoms with van der Waals surface area (Å²) >= 11 is 0. The Morgan fingerprint density at radius 3 is 2.54 bits per heavy atom. The summed E-state index contributed by atoms with van der Waals surface area (Å²) in [5.74, 6) is -0.553. The second kappa shape index (κ2) is 8.94. The molecule has 2 amide bonds. The molecule has 7 heteroatoms. The maximum absolute atomic E-state index is 12.5. The van der Waals surface area contributed by atoms with Gasteiger partial charge in [-0.2, -0.15) is 5.10 Å². The smallest absolute Gasteiger partial charge is 0.276 e. The van der Waals surface area contributed by atoms with Crippen LogP contribution in [0.25, 0.3) is 0 Å². The minimum Gasteiger partial charge on any atom is -0.352 e. The minimum absolute atomic E-state index is 0.154. The van der Waals surface area contributed by atoms with E-state index in [9.17, 15) is 14.4 Å². The fourth-order valence-electron chi connectivity index (χ4n) is 2.43. The van der Waals surface area contributed by atoms with Crippen LogP contribution in [0.4, 0.5) is 5.69 Å². The Morgan fingerprint density at radius 1 is 1.12 bits per heavy atom. The minimum atomic E-state index is -0.399. The van der Waals surface area contributed by atoms with E-state index in [0.717, 1.165) is 18.4 Å². The number of nitrogens with zero attached hydrogens (tertiary/aromatic N) is 2. The average Bonchev–Trinajstić information content (AvgIpc) is 2.62. The highest BCUT2D eigenvalue weighted by molar-refractivity contribution is 6.03. The summed E-state index contributed by atoms with van der Waals surface area (Å²) < 4.78 is 1.31. The Morgan fingerprint density at radius 2 is 1.88 bits per heavy atom. The van der Waals surface area contributed by atoms with Crippen LogP contribution in [0.15, 0.2) is 35.1 Å². The van der Waals surface area contributed by atoms with Gasteiger partial charge in [0.15, 0.2) is 0 Å². The van der Waals surface area contributed by atoms with E-state index >= 15 is 0 Å². The first kappa shape index (κ1) is 19.4. The Bertz CT molecular complexity index is 858. The summed E-state index contributed by atoms with van der Waals surface area (Å²) in [5, 5.41) is 9.65. The Labute approximate surface area is 152 Å². The number of rotatable bonds is 7. The van der Waals surface area contributed by atoms with Crippen LogP contribution in [0.2, 0.25) is 0 Å². The summed E-state index contributed by atoms with van der Waals surface area (Å²) in [6.45, 7) is 6.72. The van der Waals surface area contributed by atoms with Gasteiger partial charge in [-0.05, 0) is 50.1 Å². The standard InChI is InChI=1S/C19H24N4O3/c1-4-6-11-23-17(24)10-9-16(22-23)19(26)21-15-8-7-14(12-13(15)3)18(25)20-5-2/h7-10,12H,4-6,11H2,1-3H3,(H,20,25)(H,21,26). The van der Waals surface area contributed by atoms with Crippen LogP contribution in [-0.2, 0) is 6.54 Å². The van der Waals surface area contributed by atoms with Gasteiger partial charge in [0.2, 0.25) is 0 Å². The molecule has 0 aliphatic carbocycles. The van der Waals surface area contributed by atoms with Crippen molar-refractivity contribution in [3.05, 3.63) is 57.5 Å². The summed E-state index contributed by atoms with van der Waals surface area (Å²) in [4.78, 5) is 36.1. The summed E-state index contributed by atoms with van der Waals surface area (Å²) in [5.41, 5.74) is 1.84. The van der Waals surface area contributed by atoms with Crippen molar-refractivity contribution in [1.82, 2.24) is 15.1 Å². The summed E-state index contributed by atoms with van der Waals surface area (Å²) in [6, 6.07) is 7.82. The van der Waals surface area contributed by atoms with E-state index in [1.54, 1.807) is 18.2 Å². The Hall–Kier alpha value is -2.96. The molecule has 2 aromatic rings. The number of hydrogen-bond donors (Lipinski definition) is 2. The second-order valence-corrected chi connectivity index (χ2v) is 5.98. The number of aromatic nitrogens is 2. The first-order valence-corrected chi connectivity index (χ1v) is 8.74. The van der Waals surface area contributed by atoms with Crippen molar-refractivity contribution < 1.29 is 9.59 Å². The molecule has 0 bridgehead atoms. The molecule has 0 unspecified atom stereocenters. The molecule has 0 spiro atoms. The van der Waals surface area contributed by atoms with Crippen molar-refractivity contribution >= 4 is 17.5 Å². The predicted octanol–water partition coefficient (Wildman–Crippen LogP) is 2.35. The lowest BCUT2D eigenvalue weighted by Crippen LogP contribution is -2.26. The fraction of sp³-hybridized carbons (Fsp3) is 0.368. The lowest BCUT2D eigenvalue weighted by molar-refractivity contribution is 0.0955. The van der Waals surface area contributed by atoms with Crippen molar-refractivity contribution in [2.24, 2.45) is 0 Å². The van der Waals surface area contributed by atoms with Crippen LogP contribution in [0.5, 0.6) is 0 Å². The quantitative estimate of drug-likeness (QED) is 0.796. The number of carbonyl (C=O) groups excluding carboxylic acids is 2. The number of aryl methyl sites for hydroxylation is 2. The van der Waals surface area contributed by atoms with Crippen molar-refractivity contribution in [1.29, 1.82) is 0 Å². The van der Waals surface area contributed by atoms with Gasteiger partial charge >= 0.3 is 0 Å². The molecule has 0 saturated heterocycles. The van der Waals surface area contributed by atoms with E-state index in [0.29, 0.717) is 24.3 Å². The summed E-state index contributed by atoms with van der Waals surface area (Å²) in [6.07, 6.45) is 1.75. The molecule has 1 aromatic heterocycles. The van der Waals surface area contributed by atoms with Gasteiger partial charge in [0, 0.05) is 30.4 Å². The average molecular weight is 356 g/mol. The molecule has 0 saturated carbocycles. The van der Waals surface area contributed by atoms with Crippen molar-refractivity contribution in [2.75, 3.05) is 11.9 Å². The van der Waals surface area contributed by atoms with Crippen LogP contribution in [-0.4, -0.2) is 28.1 Å². The van der Waals surface area contributed by atoms with Crippen molar-refractivity contribution in [3.63, 3.8) is 0 Å². The zero-order chi connectivity index (χ0) is 19.1. The highest BCUT2D eigenvalue weighted by atomic mass is 16.2. The molecule has 0 radical (unpaired) electrons. The maximum atomic E-state index is 12.5. The monoisotopic (exact) mass is 356 g/mol. The third-order valence-electron chi connectivity index (χ3n) is 3.90. The molecule has 0 aliphatic heterocycles. The van der Waals surface area contributed by atoms with Gasteiger partial charge in [-0.1, -0.05) is 13.3 Å². The zero-order valence-electron chi connectivity index (χ0n) is 15.3. The molecule has 138 valence electrons. The number of nitrogens with one attached hydrogen (secondary N) is 2. The first-order valence-electron chi connectivity index (χ1n) is 8.74. The topological polar surface area (TPSA) is 93.1 Å². The van der Waals surface area contributed by atoms with E-state index < -0.39 is 5.91 Å². The van der Waals surface area contributed by atoms with Gasteiger partial charge in [0.05, 0.1) is 0 Å². The van der Waals surface area contributed by atoms with Gasteiger partial charge < -0.3 is 10.6 Å². The highest BCUT2D eigenvalue weighted by Gasteiger charge is 2.13. The SMILES string of the molecule is CCCCn1nc(C(=O)Nc2ccc(C(=O)NCC)cc2C)ccc1=O. The summed E-state index contributed by atoms with van der Waals surface area (Å²) in [7, 11) is 0. The van der Waals surface area contributed by atoms with E-state index in [-0.39, 0.29) is 17.2 Å². The van der Waals surface area contributed by atoms with Crippen molar-refractivity contribution in [2.45, 2.75) is 40.2 Å². The normalized spacial score (nSPS) is 10.4. The molecular weight excluding hydrogens is 332 g/mol. The van der Waals surface area contributed by atoms with Gasteiger partial charge in [0.1, 0.15) is 5.69 Å². The third kappa shape index (κ3) is 4.78. The first-order chi connectivity index (χ1) is 12.5. The molecular formula is C19H24N4O3. The highest BCUT2D eigenvalue weighted by Crippen LogP contribution is 2.17. The lowest BCUT2D eigenvalue weighted by Gasteiger charge is -2.11. The van der Waals surface area contributed by atoms with Crippen molar-refractivity contribution in [3.8, 4) is 0 Å². The molecule has 1 heterocycles. The van der Waals surface area contributed by atoms with Crippen LogP contribution < -0.4 is 16.2 Å². The Kier molecular flexibility index (Phi) is 6.66. The number of amides is 2. The van der Waals surface area contributed by atoms with Crippen LogP contribution in [0, 0.1) is 6.92 Å². The van der Waals surface area contributed by atoms with E-state index in [2.05, 4.69) is 15.7 Å². The number of anilines is 1. The Balaban J connectivity index is 2.17. The van der Waals surface area contributed by atoms with Gasteiger partial charge in [0.25, 0.3) is 17.4 Å². The molecule has 2 N–H and O–H groups in total. The maximum Gasteiger partial charge on any atom is 0.276 e. The van der Waals surface area contributed by atoms with Crippen LogP contribution in [0.3, 0.4) is 0 Å². The predicted molar refractivity (Wildman–Crippen MR) is 101 cm³/mol. The zero-order valence-corrected chi connectivity index (χ0v) is 15.3. The molecule has 2 rings (SSSR count). The van der Waals surface area contributed by atoms with Gasteiger partial charge in [-0.3, -0.25) is 14.4 Å². The number of benzene rings is 1. The van der Waals surface area contributed by atoms with E-state index in [4.69, 9.17) is 0 Å². The number of carbonyl (C=O) groups is 2. The van der Waals surface area contributed by atoms with Gasteiger partial charge in [-0.25, -0.2) is 4.68 Å². The third-order valence-corrected chi connectivity index (χ3v) is 3.90. The van der Waals surface area contributed by atoms with E-state index in [1.165, 1.54) is 16.8 Å². The molecule has 0 aliphatic rings. The van der Waals surface area contributed by atoms with Crippen LogP contribution >= 0.6 is 0 Å². The molecule has 7 nitrogen and oxygen atoms in total. The molecule has 26 heavy (non-hydrogen) atoms. The number of hydrogen-bond acceptors (Lipinski definition) is 4.